The summed E-state index contributed by atoms with van der Waals surface area (Å²) in [4.78, 5) is 0. The molecule has 0 bridgehead atoms. The monoisotopic (exact) mass is 322 g/mol. The van der Waals surface area contributed by atoms with Crippen LogP contribution in [0.1, 0.15) is 36.5 Å². The van der Waals surface area contributed by atoms with Crippen LogP contribution in [-0.2, 0) is 6.42 Å². The molecule has 0 saturated heterocycles. The lowest BCUT2D eigenvalue weighted by Crippen LogP contribution is -2.09. The Bertz CT molecular complexity index is 780. The molecular weight excluding hydrogens is 300 g/mol. The fraction of sp³-hybridized carbons (Fsp3) is 0.300. The van der Waals surface area contributed by atoms with Gasteiger partial charge in [-0.1, -0.05) is 43.7 Å². The number of rotatable bonds is 5. The molecule has 0 aliphatic carbocycles. The predicted molar refractivity (Wildman–Crippen MR) is 97.7 cm³/mol. The van der Waals surface area contributed by atoms with Crippen molar-refractivity contribution in [1.29, 1.82) is 0 Å². The van der Waals surface area contributed by atoms with Crippen molar-refractivity contribution in [2.75, 3.05) is 14.2 Å². The first-order valence-corrected chi connectivity index (χ1v) is 8.21. The molecule has 0 fully saturated rings. The van der Waals surface area contributed by atoms with E-state index in [-0.39, 0.29) is 0 Å². The molecule has 3 rings (SSSR count). The third kappa shape index (κ3) is 3.18. The fourth-order valence-electron chi connectivity index (χ4n) is 2.95. The Labute approximate surface area is 142 Å². The number of hydrogen-bond acceptors (Lipinski definition) is 4. The molecule has 0 radical (unpaired) electrons. The first-order valence-electron chi connectivity index (χ1n) is 8.21. The smallest absolute Gasteiger partial charge is 0.161 e. The zero-order valence-corrected chi connectivity index (χ0v) is 14.4. The molecule has 1 heterocycles. The topological polar surface area (TPSA) is 43.2 Å². The van der Waals surface area contributed by atoms with Crippen LogP contribution in [0.15, 0.2) is 52.7 Å². The summed E-state index contributed by atoms with van der Waals surface area (Å²) in [5, 5.41) is 9.09. The van der Waals surface area contributed by atoms with Crippen molar-refractivity contribution in [2.24, 2.45) is 10.2 Å². The highest BCUT2D eigenvalue weighted by Gasteiger charge is 2.20. The minimum absolute atomic E-state index is 0.707. The van der Waals surface area contributed by atoms with Crippen molar-refractivity contribution in [3.8, 4) is 11.5 Å². The molecule has 0 spiro atoms. The standard InChI is InChI=1S/C20H22N2O2/c1-4-8-16-11-15-12-18(23-2)19(24-3)13-17(15)20(22-21-16)14-9-6-5-7-10-14/h5-7,9-10,12-13H,4,8,11H2,1-3H3. The number of methoxy groups -OCH3 is 2. The zero-order chi connectivity index (χ0) is 16.9. The van der Waals surface area contributed by atoms with Crippen molar-refractivity contribution >= 4 is 11.4 Å². The van der Waals surface area contributed by atoms with Gasteiger partial charge in [0.15, 0.2) is 11.5 Å². The first kappa shape index (κ1) is 16.2. The van der Waals surface area contributed by atoms with Crippen LogP contribution in [0.2, 0.25) is 0 Å². The summed E-state index contributed by atoms with van der Waals surface area (Å²) >= 11 is 0. The molecule has 0 atom stereocenters. The Morgan fingerprint density at radius 3 is 2.33 bits per heavy atom. The number of nitrogens with zero attached hydrogens (tertiary/aromatic N) is 2. The molecule has 1 aliphatic rings. The van der Waals surface area contributed by atoms with Crippen molar-refractivity contribution in [1.82, 2.24) is 0 Å². The maximum absolute atomic E-state index is 5.48. The number of fused-ring (bicyclic) bond motifs is 1. The van der Waals surface area contributed by atoms with E-state index in [0.717, 1.165) is 47.6 Å². The lowest BCUT2D eigenvalue weighted by atomic mass is 9.93. The molecule has 24 heavy (non-hydrogen) atoms. The van der Waals surface area contributed by atoms with E-state index in [0.29, 0.717) is 5.75 Å². The fourth-order valence-corrected chi connectivity index (χ4v) is 2.95. The van der Waals surface area contributed by atoms with E-state index in [1.165, 1.54) is 5.56 Å². The minimum atomic E-state index is 0.707. The molecule has 4 nitrogen and oxygen atoms in total. The van der Waals surface area contributed by atoms with Gasteiger partial charge in [0.05, 0.1) is 14.2 Å². The van der Waals surface area contributed by atoms with Gasteiger partial charge in [0.1, 0.15) is 5.71 Å². The van der Waals surface area contributed by atoms with Gasteiger partial charge >= 0.3 is 0 Å². The normalized spacial score (nSPS) is 13.5. The highest BCUT2D eigenvalue weighted by Crippen LogP contribution is 2.33. The highest BCUT2D eigenvalue weighted by molar-refractivity contribution is 6.15. The van der Waals surface area contributed by atoms with Gasteiger partial charge in [0.25, 0.3) is 0 Å². The molecule has 0 N–H and O–H groups in total. The van der Waals surface area contributed by atoms with Crippen LogP contribution in [0.3, 0.4) is 0 Å². The summed E-state index contributed by atoms with van der Waals surface area (Å²) in [7, 11) is 3.31. The molecule has 124 valence electrons. The van der Waals surface area contributed by atoms with Crippen molar-refractivity contribution in [3.05, 3.63) is 59.2 Å². The molecule has 0 saturated carbocycles. The van der Waals surface area contributed by atoms with Crippen LogP contribution in [0.25, 0.3) is 0 Å². The lowest BCUT2D eigenvalue weighted by Gasteiger charge is -2.15. The van der Waals surface area contributed by atoms with E-state index in [9.17, 15) is 0 Å². The summed E-state index contributed by atoms with van der Waals surface area (Å²) in [6, 6.07) is 14.2. The van der Waals surface area contributed by atoms with Gasteiger partial charge in [-0.05, 0) is 24.1 Å². The third-order valence-corrected chi connectivity index (χ3v) is 4.14. The van der Waals surface area contributed by atoms with E-state index in [4.69, 9.17) is 9.47 Å². The summed E-state index contributed by atoms with van der Waals surface area (Å²) in [6.45, 7) is 2.16. The van der Waals surface area contributed by atoms with Crippen molar-refractivity contribution in [3.63, 3.8) is 0 Å². The molecule has 4 heteroatoms. The lowest BCUT2D eigenvalue weighted by molar-refractivity contribution is 0.354. The summed E-state index contributed by atoms with van der Waals surface area (Å²) in [5.74, 6) is 1.44. The SMILES string of the molecule is CCCC1=NN=C(c2ccccc2)c2cc(OC)c(OC)cc2C1. The summed E-state index contributed by atoms with van der Waals surface area (Å²) in [5.41, 5.74) is 5.23. The molecule has 0 amide bonds. The second-order valence-corrected chi connectivity index (χ2v) is 5.77. The molecule has 0 unspecified atom stereocenters. The van der Waals surface area contributed by atoms with Crippen molar-refractivity contribution in [2.45, 2.75) is 26.2 Å². The first-order chi connectivity index (χ1) is 11.8. The van der Waals surface area contributed by atoms with Crippen LogP contribution in [0, 0.1) is 0 Å². The van der Waals surface area contributed by atoms with E-state index in [2.05, 4.69) is 29.3 Å². The van der Waals surface area contributed by atoms with E-state index < -0.39 is 0 Å². The Balaban J connectivity index is 2.18. The zero-order valence-electron chi connectivity index (χ0n) is 14.4. The minimum Gasteiger partial charge on any atom is -0.493 e. The summed E-state index contributed by atoms with van der Waals surface area (Å²) in [6.07, 6.45) is 2.78. The van der Waals surface area contributed by atoms with Gasteiger partial charge in [-0.15, -0.1) is 5.10 Å². The van der Waals surface area contributed by atoms with Gasteiger partial charge < -0.3 is 9.47 Å². The second-order valence-electron chi connectivity index (χ2n) is 5.77. The molecular formula is C20H22N2O2. The average Bonchev–Trinajstić information content (AvgIpc) is 2.80. The summed E-state index contributed by atoms with van der Waals surface area (Å²) < 4.78 is 11.0. The van der Waals surface area contributed by atoms with Crippen LogP contribution in [0.5, 0.6) is 11.5 Å². The Morgan fingerprint density at radius 2 is 1.67 bits per heavy atom. The average molecular weight is 322 g/mol. The van der Waals surface area contributed by atoms with Gasteiger partial charge in [0, 0.05) is 23.3 Å². The maximum Gasteiger partial charge on any atom is 0.161 e. The van der Waals surface area contributed by atoms with Crippen LogP contribution >= 0.6 is 0 Å². The molecule has 0 aromatic heterocycles. The quantitative estimate of drug-likeness (QED) is 0.826. The van der Waals surface area contributed by atoms with Crippen LogP contribution in [-0.4, -0.2) is 25.6 Å². The van der Waals surface area contributed by atoms with Crippen molar-refractivity contribution < 1.29 is 9.47 Å². The van der Waals surface area contributed by atoms with E-state index in [1.54, 1.807) is 14.2 Å². The maximum atomic E-state index is 5.48. The number of hydrogen-bond donors (Lipinski definition) is 0. The molecule has 2 aromatic rings. The largest absolute Gasteiger partial charge is 0.493 e. The van der Waals surface area contributed by atoms with Gasteiger partial charge in [-0.25, -0.2) is 0 Å². The molecule has 2 aromatic carbocycles. The highest BCUT2D eigenvalue weighted by atomic mass is 16.5. The van der Waals surface area contributed by atoms with Gasteiger partial charge in [0.2, 0.25) is 0 Å². The second kappa shape index (κ2) is 7.30. The number of benzene rings is 2. The van der Waals surface area contributed by atoms with Crippen LogP contribution < -0.4 is 9.47 Å². The molecule has 1 aliphatic heterocycles. The number of ether oxygens (including phenoxy) is 2. The van der Waals surface area contributed by atoms with Gasteiger partial charge in [-0.3, -0.25) is 0 Å². The Morgan fingerprint density at radius 1 is 0.958 bits per heavy atom. The third-order valence-electron chi connectivity index (χ3n) is 4.14. The van der Waals surface area contributed by atoms with Gasteiger partial charge in [-0.2, -0.15) is 5.10 Å². The Hall–Kier alpha value is -2.62. The predicted octanol–water partition coefficient (Wildman–Crippen LogP) is 4.25. The Kier molecular flexibility index (Phi) is 4.94. The van der Waals surface area contributed by atoms with E-state index >= 15 is 0 Å². The van der Waals surface area contributed by atoms with E-state index in [1.807, 2.05) is 30.3 Å². The van der Waals surface area contributed by atoms with Crippen LogP contribution in [0.4, 0.5) is 0 Å².